The summed E-state index contributed by atoms with van der Waals surface area (Å²) in [4.78, 5) is 20.6. The van der Waals surface area contributed by atoms with Gasteiger partial charge in [-0.1, -0.05) is 0 Å². The molecule has 2 amide bonds. The van der Waals surface area contributed by atoms with Gasteiger partial charge in [0, 0.05) is 40.4 Å². The van der Waals surface area contributed by atoms with E-state index in [0.717, 1.165) is 5.69 Å². The maximum Gasteiger partial charge on any atom is 0.446 e. The maximum absolute atomic E-state index is 12.4. The molecule has 2 aromatic carbocycles. The first-order valence-corrected chi connectivity index (χ1v) is 10.3. The van der Waals surface area contributed by atoms with E-state index < -0.39 is 11.5 Å². The molecule has 4 rings (SSSR count). The number of anilines is 4. The van der Waals surface area contributed by atoms with Crippen LogP contribution in [0.25, 0.3) is 5.82 Å². The van der Waals surface area contributed by atoms with Gasteiger partial charge in [0.05, 0.1) is 0 Å². The van der Waals surface area contributed by atoms with E-state index in [9.17, 15) is 18.0 Å². The SMILES string of the molecule is O=C(Nc1ccc(Nc2cc(-n3cccn3)ncn2)cc1)Nc1ccc(SC(F)(F)F)cc1. The smallest absolute Gasteiger partial charge is 0.340 e. The Balaban J connectivity index is 1.32. The zero-order valence-corrected chi connectivity index (χ0v) is 17.6. The number of aromatic nitrogens is 4. The number of amides is 2. The molecule has 0 fully saturated rings. The Hall–Kier alpha value is -4.06. The number of alkyl halides is 3. The molecule has 0 spiro atoms. The number of nitrogens with zero attached hydrogens (tertiary/aromatic N) is 4. The van der Waals surface area contributed by atoms with E-state index in [4.69, 9.17) is 0 Å². The topological polar surface area (TPSA) is 96.8 Å². The number of nitrogens with one attached hydrogen (secondary N) is 3. The van der Waals surface area contributed by atoms with E-state index in [-0.39, 0.29) is 16.7 Å². The van der Waals surface area contributed by atoms with Crippen LogP contribution in [0.2, 0.25) is 0 Å². The number of hydrogen-bond acceptors (Lipinski definition) is 6. The third-order valence-corrected chi connectivity index (χ3v) is 4.89. The van der Waals surface area contributed by atoms with Crippen LogP contribution in [-0.2, 0) is 0 Å². The van der Waals surface area contributed by atoms with Crippen molar-refractivity contribution in [3.63, 3.8) is 0 Å². The normalized spacial score (nSPS) is 11.1. The predicted molar refractivity (Wildman–Crippen MR) is 120 cm³/mol. The fourth-order valence-corrected chi connectivity index (χ4v) is 3.30. The molecule has 3 N–H and O–H groups in total. The first-order chi connectivity index (χ1) is 15.8. The van der Waals surface area contributed by atoms with Crippen molar-refractivity contribution in [2.45, 2.75) is 10.4 Å². The minimum atomic E-state index is -4.36. The van der Waals surface area contributed by atoms with Crippen LogP contribution < -0.4 is 16.0 Å². The Kier molecular flexibility index (Phi) is 6.45. The summed E-state index contributed by atoms with van der Waals surface area (Å²) in [5.74, 6) is 1.18. The average Bonchev–Trinajstić information content (AvgIpc) is 3.31. The van der Waals surface area contributed by atoms with Crippen LogP contribution in [0.4, 0.5) is 40.8 Å². The molecule has 33 heavy (non-hydrogen) atoms. The second-order valence-electron chi connectivity index (χ2n) is 6.57. The molecule has 8 nitrogen and oxygen atoms in total. The average molecular weight is 471 g/mol. The lowest BCUT2D eigenvalue weighted by atomic mass is 10.2. The van der Waals surface area contributed by atoms with Crippen molar-refractivity contribution in [2.75, 3.05) is 16.0 Å². The third-order valence-electron chi connectivity index (χ3n) is 4.15. The molecule has 4 aromatic rings. The lowest BCUT2D eigenvalue weighted by Gasteiger charge is -2.10. The number of hydrogen-bond donors (Lipinski definition) is 3. The quantitative estimate of drug-likeness (QED) is 0.314. The van der Waals surface area contributed by atoms with E-state index in [1.54, 1.807) is 53.5 Å². The van der Waals surface area contributed by atoms with Crippen molar-refractivity contribution in [3.8, 4) is 5.82 Å². The Morgan fingerprint density at radius 1 is 0.909 bits per heavy atom. The highest BCUT2D eigenvalue weighted by atomic mass is 32.2. The summed E-state index contributed by atoms with van der Waals surface area (Å²) in [7, 11) is 0. The van der Waals surface area contributed by atoms with Crippen LogP contribution in [0.15, 0.2) is 84.3 Å². The Morgan fingerprint density at radius 2 is 1.55 bits per heavy atom. The van der Waals surface area contributed by atoms with Crippen molar-refractivity contribution < 1.29 is 18.0 Å². The standard InChI is InChI=1S/C21H16F3N7OS/c22-21(23,24)33-17-8-6-16(7-9-17)30-20(32)29-15-4-2-14(3-5-15)28-18-12-19(26-13-25-18)31-11-1-10-27-31/h1-13H,(H,25,26,28)(H2,29,30,32). The molecule has 0 radical (unpaired) electrons. The number of halogens is 3. The van der Waals surface area contributed by atoms with Gasteiger partial charge < -0.3 is 16.0 Å². The van der Waals surface area contributed by atoms with Gasteiger partial charge in [0.25, 0.3) is 0 Å². The lowest BCUT2D eigenvalue weighted by molar-refractivity contribution is -0.0328. The van der Waals surface area contributed by atoms with Gasteiger partial charge in [-0.2, -0.15) is 18.3 Å². The molecule has 2 aromatic heterocycles. The summed E-state index contributed by atoms with van der Waals surface area (Å²) in [6, 6.07) is 15.3. The molecule has 0 unspecified atom stereocenters. The van der Waals surface area contributed by atoms with E-state index >= 15 is 0 Å². The molecule has 0 saturated carbocycles. The van der Waals surface area contributed by atoms with E-state index in [1.807, 2.05) is 0 Å². The molecule has 168 valence electrons. The first kappa shape index (κ1) is 22.1. The second kappa shape index (κ2) is 9.61. The molecule has 0 aliphatic heterocycles. The van der Waals surface area contributed by atoms with Crippen molar-refractivity contribution >= 4 is 40.7 Å². The van der Waals surface area contributed by atoms with Gasteiger partial charge in [0.15, 0.2) is 5.82 Å². The van der Waals surface area contributed by atoms with Crippen molar-refractivity contribution in [1.29, 1.82) is 0 Å². The Morgan fingerprint density at radius 3 is 2.15 bits per heavy atom. The van der Waals surface area contributed by atoms with Gasteiger partial charge in [0.1, 0.15) is 12.1 Å². The van der Waals surface area contributed by atoms with Gasteiger partial charge >= 0.3 is 11.5 Å². The number of carbonyl (C=O) groups is 1. The molecule has 0 aliphatic carbocycles. The van der Waals surface area contributed by atoms with Gasteiger partial charge in [-0.15, -0.1) is 0 Å². The summed E-state index contributed by atoms with van der Waals surface area (Å²) in [6.07, 6.45) is 4.85. The van der Waals surface area contributed by atoms with Gasteiger partial charge in [-0.05, 0) is 66.4 Å². The molecule has 0 atom stereocenters. The maximum atomic E-state index is 12.4. The summed E-state index contributed by atoms with van der Waals surface area (Å²) in [5, 5.41) is 12.5. The first-order valence-electron chi connectivity index (χ1n) is 9.47. The van der Waals surface area contributed by atoms with Crippen LogP contribution >= 0.6 is 11.8 Å². The zero-order chi connectivity index (χ0) is 23.3. The minimum absolute atomic E-state index is 0.0389. The zero-order valence-electron chi connectivity index (χ0n) is 16.7. The second-order valence-corrected chi connectivity index (χ2v) is 7.70. The highest BCUT2D eigenvalue weighted by Gasteiger charge is 2.29. The van der Waals surface area contributed by atoms with Crippen LogP contribution in [0, 0.1) is 0 Å². The Labute approximate surface area is 190 Å². The number of benzene rings is 2. The van der Waals surface area contributed by atoms with Crippen LogP contribution in [0.1, 0.15) is 0 Å². The highest BCUT2D eigenvalue weighted by Crippen LogP contribution is 2.37. The molecule has 12 heteroatoms. The summed E-state index contributed by atoms with van der Waals surface area (Å²) < 4.78 is 38.8. The number of rotatable bonds is 6. The van der Waals surface area contributed by atoms with Crippen molar-refractivity contribution in [1.82, 2.24) is 19.7 Å². The molecular weight excluding hydrogens is 455 g/mol. The van der Waals surface area contributed by atoms with Crippen LogP contribution in [0.5, 0.6) is 0 Å². The summed E-state index contributed by atoms with van der Waals surface area (Å²) in [6.45, 7) is 0. The largest absolute Gasteiger partial charge is 0.446 e. The van der Waals surface area contributed by atoms with Crippen LogP contribution in [-0.4, -0.2) is 31.3 Å². The van der Waals surface area contributed by atoms with E-state index in [0.29, 0.717) is 23.0 Å². The summed E-state index contributed by atoms with van der Waals surface area (Å²) >= 11 is -0.214. The van der Waals surface area contributed by atoms with Crippen molar-refractivity contribution in [3.05, 3.63) is 79.4 Å². The number of urea groups is 1. The third kappa shape index (κ3) is 6.46. The minimum Gasteiger partial charge on any atom is -0.340 e. The molecular formula is C21H16F3N7OS. The van der Waals surface area contributed by atoms with E-state index in [2.05, 4.69) is 31.0 Å². The van der Waals surface area contributed by atoms with Gasteiger partial charge in [-0.3, -0.25) is 0 Å². The Bertz CT molecular complexity index is 1210. The van der Waals surface area contributed by atoms with Crippen molar-refractivity contribution in [2.24, 2.45) is 0 Å². The fourth-order valence-electron chi connectivity index (χ4n) is 2.76. The number of carbonyl (C=O) groups excluding carboxylic acids is 1. The van der Waals surface area contributed by atoms with Crippen LogP contribution in [0.3, 0.4) is 0 Å². The summed E-state index contributed by atoms with van der Waals surface area (Å²) in [5.41, 5.74) is -2.72. The monoisotopic (exact) mass is 471 g/mol. The molecule has 0 aliphatic rings. The lowest BCUT2D eigenvalue weighted by Crippen LogP contribution is -2.19. The van der Waals surface area contributed by atoms with Gasteiger partial charge in [0.2, 0.25) is 0 Å². The van der Waals surface area contributed by atoms with Gasteiger partial charge in [-0.25, -0.2) is 19.4 Å². The highest BCUT2D eigenvalue weighted by molar-refractivity contribution is 8.00. The number of thioether (sulfide) groups is 1. The van der Waals surface area contributed by atoms with E-state index in [1.165, 1.54) is 30.6 Å². The predicted octanol–water partition coefficient (Wildman–Crippen LogP) is 5.66. The molecule has 0 saturated heterocycles. The molecule has 0 bridgehead atoms. The fraction of sp³-hybridized carbons (Fsp3) is 0.0476. The molecule has 2 heterocycles.